The molecule has 0 aliphatic heterocycles. The zero-order valence-corrected chi connectivity index (χ0v) is 27.9. The lowest BCUT2D eigenvalue weighted by molar-refractivity contribution is -0.000703. The minimum absolute atomic E-state index is 0.171. The minimum Gasteiger partial charge on any atom is -0.307 e. The van der Waals surface area contributed by atoms with Crippen LogP contribution in [-0.4, -0.2) is 173 Å². The zero-order valence-electron chi connectivity index (χ0n) is 26.1. The van der Waals surface area contributed by atoms with Gasteiger partial charge in [-0.05, 0) is 91.5 Å². The summed E-state index contributed by atoms with van der Waals surface area (Å²) in [5, 5.41) is 0. The van der Waals surface area contributed by atoms with Gasteiger partial charge in [-0.1, -0.05) is 0 Å². The van der Waals surface area contributed by atoms with Crippen LogP contribution >= 0.6 is 15.6 Å². The topological polar surface area (TPSA) is 109 Å². The van der Waals surface area contributed by atoms with Crippen LogP contribution < -0.4 is 0 Å². The second-order valence-electron chi connectivity index (χ2n) is 10.1. The molecule has 0 bridgehead atoms. The fourth-order valence-corrected chi connectivity index (χ4v) is 4.51. The van der Waals surface area contributed by atoms with Gasteiger partial charge in [0.15, 0.2) is 0 Å². The number of likely N-dealkylation sites (N-methyl/N-ethyl adjacent to an activating group) is 3. The number of hydrogen-bond acceptors (Lipinski definition) is 14. The fraction of sp³-hybridized carbons (Fsp3) is 1.00. The van der Waals surface area contributed by atoms with E-state index in [-0.39, 0.29) is 19.7 Å². The van der Waals surface area contributed by atoms with Crippen LogP contribution in [0.5, 0.6) is 0 Å². The Morgan fingerprint density at radius 2 is 0.816 bits per heavy atom. The molecule has 14 nitrogen and oxygen atoms in total. The number of nitrogens with zero attached hydrogens (tertiary/aromatic N) is 6. The lowest BCUT2D eigenvalue weighted by atomic mass is 10.6. The van der Waals surface area contributed by atoms with Crippen molar-refractivity contribution in [2.75, 3.05) is 137 Å². The SMILES string of the molecule is CC(OP(=O)(OCN(C)C)OCN(C)C)N(C)C.CN(C)CCOP(=O)(OCCN(C)C)OCCN(C)C. The van der Waals surface area contributed by atoms with E-state index >= 15 is 0 Å². The highest BCUT2D eigenvalue weighted by Gasteiger charge is 2.31. The number of phosphoric acid groups is 2. The molecule has 0 aromatic carbocycles. The van der Waals surface area contributed by atoms with Crippen molar-refractivity contribution in [3.8, 4) is 0 Å². The summed E-state index contributed by atoms with van der Waals surface area (Å²) >= 11 is 0. The number of rotatable bonds is 21. The highest BCUT2D eigenvalue weighted by atomic mass is 31.2. The molecule has 0 saturated carbocycles. The van der Waals surface area contributed by atoms with Crippen molar-refractivity contribution in [1.82, 2.24) is 29.4 Å². The van der Waals surface area contributed by atoms with E-state index in [0.29, 0.717) is 39.5 Å². The van der Waals surface area contributed by atoms with Gasteiger partial charge in [-0.2, -0.15) is 0 Å². The Bertz CT molecular complexity index is 613. The van der Waals surface area contributed by atoms with Gasteiger partial charge in [0.1, 0.15) is 19.7 Å². The van der Waals surface area contributed by atoms with Gasteiger partial charge >= 0.3 is 15.6 Å². The molecule has 0 heterocycles. The van der Waals surface area contributed by atoms with E-state index in [2.05, 4.69) is 0 Å². The standard InChI is InChI=1S/C12H30N3O4P.C10H26N3O4P/c1-13(2)7-10-17-20(16,18-11-8-14(3)4)19-12-9-15(5)6;1-10(13(6)7)17-18(14,15-8-11(2)3)16-9-12(4)5/h7-12H2,1-6H3;10H,8-9H2,1-7H3. The summed E-state index contributed by atoms with van der Waals surface area (Å²) in [5.74, 6) is 0. The quantitative estimate of drug-likeness (QED) is 0.143. The average molecular weight is 595 g/mol. The molecule has 0 N–H and O–H groups in total. The average Bonchev–Trinajstić information content (AvgIpc) is 2.76. The molecular formula is C22H56N6O8P2. The maximum atomic E-state index is 12.4. The molecule has 0 amide bonds. The molecule has 16 heteroatoms. The van der Waals surface area contributed by atoms with E-state index < -0.39 is 15.6 Å². The first kappa shape index (κ1) is 40.1. The van der Waals surface area contributed by atoms with E-state index in [1.807, 2.05) is 99.3 Å². The van der Waals surface area contributed by atoms with Crippen molar-refractivity contribution in [3.05, 3.63) is 0 Å². The van der Waals surface area contributed by atoms with Crippen molar-refractivity contribution in [2.45, 2.75) is 13.2 Å². The smallest absolute Gasteiger partial charge is 0.307 e. The second kappa shape index (κ2) is 21.7. The number of phosphoric ester groups is 2. The summed E-state index contributed by atoms with van der Waals surface area (Å²) in [6.45, 7) is 5.06. The van der Waals surface area contributed by atoms with Gasteiger partial charge in [0, 0.05) is 19.6 Å². The molecule has 0 spiro atoms. The van der Waals surface area contributed by atoms with Crippen LogP contribution in [0.2, 0.25) is 0 Å². The maximum absolute atomic E-state index is 12.4. The normalized spacial score (nSPS) is 13.8. The molecule has 0 aromatic rings. The molecule has 0 aliphatic carbocycles. The Kier molecular flexibility index (Phi) is 22.9. The van der Waals surface area contributed by atoms with Crippen molar-refractivity contribution in [1.29, 1.82) is 0 Å². The first-order valence-corrected chi connectivity index (χ1v) is 15.3. The minimum atomic E-state index is -3.56. The Labute approximate surface area is 232 Å². The number of hydrogen-bond donors (Lipinski definition) is 0. The van der Waals surface area contributed by atoms with Gasteiger partial charge < -0.3 is 14.7 Å². The first-order valence-electron chi connectivity index (χ1n) is 12.4. The van der Waals surface area contributed by atoms with E-state index in [1.165, 1.54) is 0 Å². The predicted octanol–water partition coefficient (Wildman–Crippen LogP) is 1.92. The first-order chi connectivity index (χ1) is 17.4. The Hall–Kier alpha value is -0.0200. The lowest BCUT2D eigenvalue weighted by Gasteiger charge is -2.27. The van der Waals surface area contributed by atoms with Gasteiger partial charge in [0.05, 0.1) is 19.8 Å². The Morgan fingerprint density at radius 1 is 0.500 bits per heavy atom. The van der Waals surface area contributed by atoms with E-state index in [0.717, 1.165) is 0 Å². The largest absolute Gasteiger partial charge is 0.478 e. The highest BCUT2D eigenvalue weighted by Crippen LogP contribution is 2.51. The molecule has 0 aromatic heterocycles. The molecule has 0 saturated heterocycles. The van der Waals surface area contributed by atoms with Crippen molar-refractivity contribution >= 4 is 15.6 Å². The molecule has 0 aliphatic rings. The van der Waals surface area contributed by atoms with Gasteiger partial charge in [0.25, 0.3) is 0 Å². The van der Waals surface area contributed by atoms with Gasteiger partial charge in [-0.15, -0.1) is 0 Å². The Balaban J connectivity index is 0. The molecule has 232 valence electrons. The predicted molar refractivity (Wildman–Crippen MR) is 152 cm³/mol. The molecule has 0 rings (SSSR count). The molecule has 38 heavy (non-hydrogen) atoms. The second-order valence-corrected chi connectivity index (χ2v) is 13.4. The van der Waals surface area contributed by atoms with Crippen LogP contribution in [-0.2, 0) is 36.3 Å². The monoisotopic (exact) mass is 594 g/mol. The van der Waals surface area contributed by atoms with Gasteiger partial charge in [-0.3, -0.25) is 41.8 Å². The van der Waals surface area contributed by atoms with E-state index in [4.69, 9.17) is 27.1 Å². The summed E-state index contributed by atoms with van der Waals surface area (Å²) in [4.78, 5) is 11.1. The molecule has 0 fully saturated rings. The van der Waals surface area contributed by atoms with Crippen molar-refractivity contribution < 1.29 is 36.3 Å². The molecule has 1 atom stereocenters. The maximum Gasteiger partial charge on any atom is 0.478 e. The van der Waals surface area contributed by atoms with Gasteiger partial charge in [-0.25, -0.2) is 9.13 Å². The highest BCUT2D eigenvalue weighted by molar-refractivity contribution is 7.48. The van der Waals surface area contributed by atoms with Crippen molar-refractivity contribution in [3.63, 3.8) is 0 Å². The molecule has 1 unspecified atom stereocenters. The summed E-state index contributed by atoms with van der Waals surface area (Å²) in [6, 6.07) is 0. The lowest BCUT2D eigenvalue weighted by Crippen LogP contribution is -2.28. The molecule has 0 radical (unpaired) electrons. The summed E-state index contributed by atoms with van der Waals surface area (Å²) in [6.07, 6.45) is -0.361. The van der Waals surface area contributed by atoms with Crippen LogP contribution in [0, 0.1) is 0 Å². The third-order valence-corrected chi connectivity index (χ3v) is 7.24. The molecular weight excluding hydrogens is 538 g/mol. The third-order valence-electron chi connectivity index (χ3n) is 4.32. The third kappa shape index (κ3) is 25.0. The van der Waals surface area contributed by atoms with Crippen LogP contribution in [0.1, 0.15) is 6.92 Å². The summed E-state index contributed by atoms with van der Waals surface area (Å²) in [5.41, 5.74) is 0. The van der Waals surface area contributed by atoms with Crippen LogP contribution in [0.25, 0.3) is 0 Å². The van der Waals surface area contributed by atoms with Gasteiger partial charge in [0.2, 0.25) is 0 Å². The Morgan fingerprint density at radius 3 is 1.05 bits per heavy atom. The van der Waals surface area contributed by atoms with E-state index in [9.17, 15) is 9.13 Å². The van der Waals surface area contributed by atoms with Crippen LogP contribution in [0.3, 0.4) is 0 Å². The zero-order chi connectivity index (χ0) is 29.9. The summed E-state index contributed by atoms with van der Waals surface area (Å²) < 4.78 is 56.7. The van der Waals surface area contributed by atoms with Crippen LogP contribution in [0.15, 0.2) is 0 Å². The van der Waals surface area contributed by atoms with Crippen molar-refractivity contribution in [2.24, 2.45) is 0 Å². The van der Waals surface area contributed by atoms with Crippen LogP contribution in [0.4, 0.5) is 0 Å². The van der Waals surface area contributed by atoms with E-state index in [1.54, 1.807) is 21.6 Å². The summed E-state index contributed by atoms with van der Waals surface area (Å²) in [7, 11) is 15.4. The fourth-order valence-electron chi connectivity index (χ4n) is 1.87.